The molecule has 0 unspecified atom stereocenters. The molecule has 0 amide bonds. The number of hydrogen-bond donors (Lipinski definition) is 0. The fraction of sp³-hybridized carbons (Fsp3) is 0.0625. The van der Waals surface area contributed by atoms with Gasteiger partial charge in [0.1, 0.15) is 0 Å². The normalized spacial score (nSPS) is 11.8. The summed E-state index contributed by atoms with van der Waals surface area (Å²) in [5.74, 6) is 0. The van der Waals surface area contributed by atoms with Crippen molar-refractivity contribution in [2.24, 2.45) is 0 Å². The maximum Gasteiger partial charge on any atom is 0.0931 e. The summed E-state index contributed by atoms with van der Waals surface area (Å²) in [6, 6.07) is 12.8. The Morgan fingerprint density at radius 2 is 1.78 bits per heavy atom. The van der Waals surface area contributed by atoms with Crippen LogP contribution in [0.25, 0.3) is 38.3 Å². The number of aromatic nitrogens is 1. The predicted octanol–water partition coefficient (Wildman–Crippen LogP) is 4.04. The summed E-state index contributed by atoms with van der Waals surface area (Å²) in [5, 5.41) is 6.11. The SMILES string of the molecule is C=c1c2cccc3snc(c4cccc(C)c14)c32. The molecule has 1 nitrogen and oxygen atoms in total. The Hall–Kier alpha value is -1.93. The summed E-state index contributed by atoms with van der Waals surface area (Å²) in [4.78, 5) is 0. The number of fused-ring (bicyclic) bond motifs is 2. The molecule has 4 rings (SSSR count). The number of nitrogens with zero attached hydrogens (tertiary/aromatic N) is 1. The molecule has 0 radical (unpaired) electrons. The Morgan fingerprint density at radius 1 is 1.00 bits per heavy atom. The topological polar surface area (TPSA) is 12.9 Å². The van der Waals surface area contributed by atoms with Gasteiger partial charge in [-0.05, 0) is 46.1 Å². The minimum absolute atomic E-state index is 1.12. The first-order valence-corrected chi connectivity index (χ1v) is 6.73. The van der Waals surface area contributed by atoms with Crippen LogP contribution in [0.1, 0.15) is 5.56 Å². The molecule has 2 heteroatoms. The highest BCUT2D eigenvalue weighted by Crippen LogP contribution is 2.33. The molecular weight excluding hydrogens is 238 g/mol. The molecule has 3 aromatic carbocycles. The highest BCUT2D eigenvalue weighted by atomic mass is 32.1. The van der Waals surface area contributed by atoms with Crippen LogP contribution in [0.5, 0.6) is 0 Å². The van der Waals surface area contributed by atoms with E-state index in [1.54, 1.807) is 11.5 Å². The van der Waals surface area contributed by atoms with Crippen LogP contribution in [0.2, 0.25) is 0 Å². The van der Waals surface area contributed by atoms with Crippen molar-refractivity contribution in [2.45, 2.75) is 6.92 Å². The molecule has 18 heavy (non-hydrogen) atoms. The van der Waals surface area contributed by atoms with Gasteiger partial charge in [-0.25, -0.2) is 0 Å². The lowest BCUT2D eigenvalue weighted by atomic mass is 9.97. The fourth-order valence-electron chi connectivity index (χ4n) is 2.83. The Bertz CT molecular complexity index is 950. The zero-order chi connectivity index (χ0) is 12.3. The molecule has 0 fully saturated rings. The maximum atomic E-state index is 4.64. The molecule has 0 spiro atoms. The van der Waals surface area contributed by atoms with Crippen molar-refractivity contribution >= 4 is 49.9 Å². The minimum atomic E-state index is 1.12. The van der Waals surface area contributed by atoms with Crippen molar-refractivity contribution in [3.63, 3.8) is 0 Å². The summed E-state index contributed by atoms with van der Waals surface area (Å²) in [5.41, 5.74) is 2.39. The average Bonchev–Trinajstić information content (AvgIpc) is 2.80. The van der Waals surface area contributed by atoms with Crippen LogP contribution in [0, 0.1) is 6.92 Å². The highest BCUT2D eigenvalue weighted by Gasteiger charge is 2.12. The third kappa shape index (κ3) is 1.08. The van der Waals surface area contributed by atoms with E-state index in [0.717, 1.165) is 10.7 Å². The van der Waals surface area contributed by atoms with Crippen molar-refractivity contribution < 1.29 is 0 Å². The van der Waals surface area contributed by atoms with E-state index >= 15 is 0 Å². The smallest absolute Gasteiger partial charge is 0.0931 e. The van der Waals surface area contributed by atoms with Gasteiger partial charge in [-0.2, -0.15) is 4.37 Å². The Morgan fingerprint density at radius 3 is 2.67 bits per heavy atom. The van der Waals surface area contributed by atoms with Crippen molar-refractivity contribution in [3.05, 3.63) is 47.2 Å². The monoisotopic (exact) mass is 249 g/mol. The molecule has 0 saturated carbocycles. The molecule has 1 aromatic heterocycles. The third-order valence-electron chi connectivity index (χ3n) is 3.65. The summed E-state index contributed by atoms with van der Waals surface area (Å²) in [6.07, 6.45) is 0. The summed E-state index contributed by atoms with van der Waals surface area (Å²) in [7, 11) is 0. The second kappa shape index (κ2) is 3.30. The molecule has 86 valence electrons. The number of aryl methyl sites for hydroxylation is 1. The van der Waals surface area contributed by atoms with Crippen LogP contribution in [-0.2, 0) is 0 Å². The third-order valence-corrected chi connectivity index (χ3v) is 4.46. The van der Waals surface area contributed by atoms with E-state index in [9.17, 15) is 0 Å². The van der Waals surface area contributed by atoms with E-state index in [2.05, 4.69) is 54.3 Å². The average molecular weight is 249 g/mol. The standard InChI is InChI=1S/C16H11NS/c1-9-5-3-7-12-14(9)10(2)11-6-4-8-13-15(11)16(12)17-18-13/h3-8H,2H2,1H3. The maximum absolute atomic E-state index is 4.64. The van der Waals surface area contributed by atoms with E-state index in [0.29, 0.717) is 0 Å². The summed E-state index contributed by atoms with van der Waals surface area (Å²) in [6.45, 7) is 6.44. The number of hydrogen-bond acceptors (Lipinski definition) is 2. The molecule has 0 saturated heterocycles. The van der Waals surface area contributed by atoms with Gasteiger partial charge in [0.15, 0.2) is 0 Å². The van der Waals surface area contributed by atoms with Gasteiger partial charge in [0, 0.05) is 10.8 Å². The molecule has 0 atom stereocenters. The van der Waals surface area contributed by atoms with Crippen LogP contribution < -0.4 is 5.22 Å². The lowest BCUT2D eigenvalue weighted by Crippen LogP contribution is -2.03. The Kier molecular flexibility index (Phi) is 1.84. The van der Waals surface area contributed by atoms with Gasteiger partial charge >= 0.3 is 0 Å². The summed E-state index contributed by atoms with van der Waals surface area (Å²) >= 11 is 1.57. The van der Waals surface area contributed by atoms with E-state index < -0.39 is 0 Å². The lowest BCUT2D eigenvalue weighted by molar-refractivity contribution is 1.53. The zero-order valence-corrected chi connectivity index (χ0v) is 10.8. The first-order valence-electron chi connectivity index (χ1n) is 5.95. The van der Waals surface area contributed by atoms with Crippen LogP contribution in [-0.4, -0.2) is 4.37 Å². The van der Waals surface area contributed by atoms with Crippen molar-refractivity contribution in [1.29, 1.82) is 0 Å². The van der Waals surface area contributed by atoms with Crippen molar-refractivity contribution in [1.82, 2.24) is 4.37 Å². The minimum Gasteiger partial charge on any atom is -0.191 e. The molecule has 0 aliphatic heterocycles. The Labute approximate surface area is 109 Å². The van der Waals surface area contributed by atoms with Crippen molar-refractivity contribution in [3.8, 4) is 0 Å². The number of benzene rings is 3. The van der Waals surface area contributed by atoms with Crippen LogP contribution in [0.4, 0.5) is 0 Å². The zero-order valence-electron chi connectivity index (χ0n) is 10.0. The molecule has 0 aliphatic rings. The van der Waals surface area contributed by atoms with E-state index in [-0.39, 0.29) is 0 Å². The molecule has 0 N–H and O–H groups in total. The summed E-state index contributed by atoms with van der Waals surface area (Å²) < 4.78 is 5.89. The first kappa shape index (κ1) is 10.0. The predicted molar refractivity (Wildman–Crippen MR) is 80.1 cm³/mol. The van der Waals surface area contributed by atoms with Crippen LogP contribution in [0.3, 0.4) is 0 Å². The van der Waals surface area contributed by atoms with E-state index in [1.165, 1.54) is 31.8 Å². The van der Waals surface area contributed by atoms with Gasteiger partial charge in [0.25, 0.3) is 0 Å². The fourth-order valence-corrected chi connectivity index (χ4v) is 3.64. The molecule has 0 aliphatic carbocycles. The van der Waals surface area contributed by atoms with E-state index in [4.69, 9.17) is 0 Å². The molecule has 1 heterocycles. The first-order chi connectivity index (χ1) is 8.77. The van der Waals surface area contributed by atoms with Gasteiger partial charge in [0.2, 0.25) is 0 Å². The largest absolute Gasteiger partial charge is 0.191 e. The van der Waals surface area contributed by atoms with Gasteiger partial charge in [-0.1, -0.05) is 36.9 Å². The molecule has 0 bridgehead atoms. The van der Waals surface area contributed by atoms with Crippen LogP contribution in [0.15, 0.2) is 36.4 Å². The van der Waals surface area contributed by atoms with Gasteiger partial charge in [-0.15, -0.1) is 0 Å². The Balaban J connectivity index is 2.52. The highest BCUT2D eigenvalue weighted by molar-refractivity contribution is 7.14. The van der Waals surface area contributed by atoms with Crippen LogP contribution >= 0.6 is 11.5 Å². The van der Waals surface area contributed by atoms with E-state index in [1.807, 2.05) is 0 Å². The molecule has 4 aromatic rings. The number of rotatable bonds is 0. The quantitative estimate of drug-likeness (QED) is 0.429. The molecular formula is C16H11NS. The lowest BCUT2D eigenvalue weighted by Gasteiger charge is -2.06. The second-order valence-corrected chi connectivity index (χ2v) is 5.49. The second-order valence-electron chi connectivity index (χ2n) is 4.69. The van der Waals surface area contributed by atoms with Gasteiger partial charge < -0.3 is 0 Å². The van der Waals surface area contributed by atoms with Gasteiger partial charge in [-0.3, -0.25) is 0 Å². The van der Waals surface area contributed by atoms with Crippen molar-refractivity contribution in [2.75, 3.05) is 0 Å². The van der Waals surface area contributed by atoms with Gasteiger partial charge in [0.05, 0.1) is 10.2 Å².